The summed E-state index contributed by atoms with van der Waals surface area (Å²) in [6.45, 7) is 9.94. The second kappa shape index (κ2) is 17.2. The standard InChI is InChI=1S/C26H47NO5/c1-5-9-11-14-22(12-7-3)23-19-25(29)27(26(23)30)15-16-31-17-18-32-20-24(28)21(8-4)13-10-6-2/h21-23H,5-20H2,1-4H3. The predicted octanol–water partition coefficient (Wildman–Crippen LogP) is 5.18. The molecule has 1 saturated heterocycles. The maximum Gasteiger partial charge on any atom is 0.233 e. The van der Waals surface area contributed by atoms with Crippen LogP contribution in [0.2, 0.25) is 0 Å². The third kappa shape index (κ3) is 10.1. The van der Waals surface area contributed by atoms with Crippen molar-refractivity contribution in [2.45, 2.75) is 98.3 Å². The summed E-state index contributed by atoms with van der Waals surface area (Å²) >= 11 is 0. The van der Waals surface area contributed by atoms with Gasteiger partial charge >= 0.3 is 0 Å². The van der Waals surface area contributed by atoms with Crippen molar-refractivity contribution in [2.24, 2.45) is 17.8 Å². The van der Waals surface area contributed by atoms with E-state index in [4.69, 9.17) is 9.47 Å². The van der Waals surface area contributed by atoms with Gasteiger partial charge in [-0.15, -0.1) is 0 Å². The van der Waals surface area contributed by atoms with Crippen molar-refractivity contribution >= 4 is 17.6 Å². The lowest BCUT2D eigenvalue weighted by Gasteiger charge is -2.22. The Labute approximate surface area is 195 Å². The minimum Gasteiger partial charge on any atom is -0.377 e. The first kappa shape index (κ1) is 28.8. The van der Waals surface area contributed by atoms with Gasteiger partial charge in [-0.05, 0) is 31.6 Å². The molecule has 3 atom stereocenters. The van der Waals surface area contributed by atoms with Gasteiger partial charge in [-0.3, -0.25) is 19.3 Å². The summed E-state index contributed by atoms with van der Waals surface area (Å²) in [5.41, 5.74) is 0. The molecule has 0 bridgehead atoms. The molecule has 0 saturated carbocycles. The Morgan fingerprint density at radius 2 is 1.62 bits per heavy atom. The van der Waals surface area contributed by atoms with Gasteiger partial charge in [0.25, 0.3) is 0 Å². The van der Waals surface area contributed by atoms with Crippen molar-refractivity contribution < 1.29 is 23.9 Å². The highest BCUT2D eigenvalue weighted by Crippen LogP contribution is 2.33. The second-order valence-electron chi connectivity index (χ2n) is 9.12. The van der Waals surface area contributed by atoms with E-state index in [1.165, 1.54) is 11.3 Å². The van der Waals surface area contributed by atoms with E-state index in [1.54, 1.807) is 0 Å². The number of imide groups is 1. The molecule has 6 nitrogen and oxygen atoms in total. The van der Waals surface area contributed by atoms with Crippen molar-refractivity contribution in [1.82, 2.24) is 4.90 Å². The van der Waals surface area contributed by atoms with Crippen LogP contribution in [0.4, 0.5) is 0 Å². The summed E-state index contributed by atoms with van der Waals surface area (Å²) in [6.07, 6.45) is 10.8. The number of nitrogens with zero attached hydrogens (tertiary/aromatic N) is 1. The van der Waals surface area contributed by atoms with Gasteiger partial charge in [-0.1, -0.05) is 66.2 Å². The van der Waals surface area contributed by atoms with E-state index < -0.39 is 0 Å². The summed E-state index contributed by atoms with van der Waals surface area (Å²) in [7, 11) is 0. The van der Waals surface area contributed by atoms with E-state index in [1.807, 2.05) is 6.92 Å². The van der Waals surface area contributed by atoms with Gasteiger partial charge in [0.2, 0.25) is 11.8 Å². The smallest absolute Gasteiger partial charge is 0.233 e. The number of hydrogen-bond donors (Lipinski definition) is 0. The molecule has 32 heavy (non-hydrogen) atoms. The van der Waals surface area contributed by atoms with Gasteiger partial charge in [0.15, 0.2) is 5.78 Å². The molecular weight excluding hydrogens is 406 g/mol. The third-order valence-corrected chi connectivity index (χ3v) is 6.62. The first-order valence-corrected chi connectivity index (χ1v) is 13.0. The summed E-state index contributed by atoms with van der Waals surface area (Å²) < 4.78 is 11.0. The molecule has 0 aromatic heterocycles. The molecule has 6 heteroatoms. The number of likely N-dealkylation sites (tertiary alicyclic amines) is 1. The number of carbonyl (C=O) groups is 3. The topological polar surface area (TPSA) is 72.9 Å². The average Bonchev–Trinajstić information content (AvgIpc) is 3.06. The molecular formula is C26H47NO5. The summed E-state index contributed by atoms with van der Waals surface area (Å²) in [6, 6.07) is 0. The zero-order valence-electron chi connectivity index (χ0n) is 21.0. The monoisotopic (exact) mass is 453 g/mol. The van der Waals surface area contributed by atoms with Crippen molar-refractivity contribution in [2.75, 3.05) is 33.0 Å². The molecule has 2 amide bonds. The Kier molecular flexibility index (Phi) is 15.5. The second-order valence-corrected chi connectivity index (χ2v) is 9.12. The Balaban J connectivity index is 2.29. The molecule has 1 heterocycles. The zero-order chi connectivity index (χ0) is 23.8. The van der Waals surface area contributed by atoms with Crippen molar-refractivity contribution in [1.29, 1.82) is 0 Å². The lowest BCUT2D eigenvalue weighted by molar-refractivity contribution is -0.141. The number of rotatable bonds is 20. The molecule has 0 aromatic carbocycles. The van der Waals surface area contributed by atoms with E-state index in [2.05, 4.69) is 20.8 Å². The fourth-order valence-corrected chi connectivity index (χ4v) is 4.60. The number of hydrogen-bond acceptors (Lipinski definition) is 5. The molecule has 0 radical (unpaired) electrons. The zero-order valence-corrected chi connectivity index (χ0v) is 21.0. The quantitative estimate of drug-likeness (QED) is 0.188. The van der Waals surface area contributed by atoms with Crippen molar-refractivity contribution in [3.63, 3.8) is 0 Å². The van der Waals surface area contributed by atoms with Gasteiger partial charge in [-0.2, -0.15) is 0 Å². The van der Waals surface area contributed by atoms with Gasteiger partial charge in [0.05, 0.1) is 32.3 Å². The van der Waals surface area contributed by atoms with E-state index in [0.717, 1.165) is 57.8 Å². The maximum atomic E-state index is 12.9. The first-order chi connectivity index (χ1) is 15.5. The minimum atomic E-state index is -0.159. The number of Topliss-reactive ketones (excluding diaryl/α,β-unsaturated/α-hetero) is 1. The van der Waals surface area contributed by atoms with Crippen molar-refractivity contribution in [3.8, 4) is 0 Å². The van der Waals surface area contributed by atoms with Crippen LogP contribution in [0.15, 0.2) is 0 Å². The Morgan fingerprint density at radius 1 is 0.906 bits per heavy atom. The molecule has 3 unspecified atom stereocenters. The molecule has 0 aromatic rings. The summed E-state index contributed by atoms with van der Waals surface area (Å²) in [5.74, 6) is 0.320. The van der Waals surface area contributed by atoms with Crippen LogP contribution in [0.1, 0.15) is 98.3 Å². The van der Waals surface area contributed by atoms with Crippen LogP contribution in [-0.2, 0) is 23.9 Å². The Hall–Kier alpha value is -1.27. The summed E-state index contributed by atoms with van der Waals surface area (Å²) in [4.78, 5) is 38.9. The normalized spacial score (nSPS) is 18.4. The molecule has 1 fully saturated rings. The van der Waals surface area contributed by atoms with Gasteiger partial charge in [0.1, 0.15) is 6.61 Å². The maximum absolute atomic E-state index is 12.9. The van der Waals surface area contributed by atoms with E-state index in [9.17, 15) is 14.4 Å². The van der Waals surface area contributed by atoms with Crippen LogP contribution in [0.25, 0.3) is 0 Å². The highest BCUT2D eigenvalue weighted by molar-refractivity contribution is 6.03. The fourth-order valence-electron chi connectivity index (χ4n) is 4.60. The van der Waals surface area contributed by atoms with Crippen LogP contribution < -0.4 is 0 Å². The molecule has 1 rings (SSSR count). The average molecular weight is 454 g/mol. The molecule has 1 aliphatic rings. The fraction of sp³-hybridized carbons (Fsp3) is 0.885. The van der Waals surface area contributed by atoms with E-state index >= 15 is 0 Å². The number of ether oxygens (including phenoxy) is 2. The molecule has 0 aliphatic carbocycles. The van der Waals surface area contributed by atoms with Gasteiger partial charge in [0, 0.05) is 12.3 Å². The van der Waals surface area contributed by atoms with E-state index in [-0.39, 0.29) is 36.0 Å². The number of carbonyl (C=O) groups excluding carboxylic acids is 3. The number of unbranched alkanes of at least 4 members (excludes halogenated alkanes) is 3. The van der Waals surface area contributed by atoms with Gasteiger partial charge < -0.3 is 9.47 Å². The lowest BCUT2D eigenvalue weighted by atomic mass is 9.83. The molecule has 0 N–H and O–H groups in total. The Bertz CT molecular complexity index is 550. The van der Waals surface area contributed by atoms with Crippen LogP contribution >= 0.6 is 0 Å². The van der Waals surface area contributed by atoms with Gasteiger partial charge in [-0.25, -0.2) is 0 Å². The third-order valence-electron chi connectivity index (χ3n) is 6.62. The van der Waals surface area contributed by atoms with E-state index in [0.29, 0.717) is 38.7 Å². The molecule has 186 valence electrons. The minimum absolute atomic E-state index is 0.0203. The van der Waals surface area contributed by atoms with Crippen LogP contribution in [0.3, 0.4) is 0 Å². The van der Waals surface area contributed by atoms with Crippen LogP contribution in [-0.4, -0.2) is 55.5 Å². The SMILES string of the molecule is CCCCCC(CCC)C1CC(=O)N(CCOCCOCC(=O)C(CC)CCCC)C1=O. The van der Waals surface area contributed by atoms with Crippen LogP contribution in [0, 0.1) is 17.8 Å². The number of amides is 2. The molecule has 1 aliphatic heterocycles. The highest BCUT2D eigenvalue weighted by Gasteiger charge is 2.41. The predicted molar refractivity (Wildman–Crippen MR) is 127 cm³/mol. The summed E-state index contributed by atoms with van der Waals surface area (Å²) in [5, 5.41) is 0. The first-order valence-electron chi connectivity index (χ1n) is 13.0. The van der Waals surface area contributed by atoms with Crippen molar-refractivity contribution in [3.05, 3.63) is 0 Å². The number of ketones is 1. The highest BCUT2D eigenvalue weighted by atomic mass is 16.5. The lowest BCUT2D eigenvalue weighted by Crippen LogP contribution is -2.35. The largest absolute Gasteiger partial charge is 0.377 e. The molecule has 0 spiro atoms. The van der Waals surface area contributed by atoms with Crippen LogP contribution in [0.5, 0.6) is 0 Å². The Morgan fingerprint density at radius 3 is 2.28 bits per heavy atom.